The van der Waals surface area contributed by atoms with Crippen LogP contribution in [0.4, 0.5) is 0 Å². The topological polar surface area (TPSA) is 78.9 Å². The van der Waals surface area contributed by atoms with E-state index in [1.54, 1.807) is 0 Å². The molecule has 0 rings (SSSR count). The molecule has 0 N–H and O–H groups in total. The summed E-state index contributed by atoms with van der Waals surface area (Å²) < 4.78 is 16.6. The fourth-order valence-electron chi connectivity index (χ4n) is 5.43. The zero-order chi connectivity index (χ0) is 40.8. The van der Waals surface area contributed by atoms with E-state index >= 15 is 0 Å². The summed E-state index contributed by atoms with van der Waals surface area (Å²) in [6.07, 6.45) is 56.8. The van der Waals surface area contributed by atoms with Crippen LogP contribution in [0.3, 0.4) is 0 Å². The number of hydrogen-bond acceptors (Lipinski definition) is 6. The smallest absolute Gasteiger partial charge is 0.306 e. The average molecular weight is 777 g/mol. The van der Waals surface area contributed by atoms with Gasteiger partial charge in [0.15, 0.2) is 6.10 Å². The van der Waals surface area contributed by atoms with Crippen molar-refractivity contribution in [2.45, 2.75) is 187 Å². The summed E-state index contributed by atoms with van der Waals surface area (Å²) in [5.74, 6) is -1.03. The van der Waals surface area contributed by atoms with Crippen LogP contribution in [0, 0.1) is 0 Å². The molecular weight excluding hydrogens is 697 g/mol. The molecule has 316 valence electrons. The Morgan fingerprint density at radius 3 is 1.30 bits per heavy atom. The van der Waals surface area contributed by atoms with Gasteiger partial charge in [0.2, 0.25) is 0 Å². The van der Waals surface area contributed by atoms with Crippen LogP contribution >= 0.6 is 0 Å². The first kappa shape index (κ1) is 52.3. The number of unbranched alkanes of at least 4 members (excludes halogenated alkanes) is 12. The van der Waals surface area contributed by atoms with Crippen molar-refractivity contribution in [3.05, 3.63) is 97.2 Å². The largest absolute Gasteiger partial charge is 0.462 e. The first-order chi connectivity index (χ1) is 27.5. The molecule has 0 aliphatic carbocycles. The summed E-state index contributed by atoms with van der Waals surface area (Å²) >= 11 is 0. The first-order valence-electron chi connectivity index (χ1n) is 22.3. The molecule has 0 fully saturated rings. The monoisotopic (exact) mass is 777 g/mol. The Kier molecular flexibility index (Phi) is 41.2. The standard InChI is InChI=1S/C50H80O6/c1-4-7-10-13-16-19-22-23-24-25-26-27-29-31-34-37-40-43-49(52)55-46-47(45-54-48(51)42-39-36-33-30-21-18-15-12-9-6-3)56-50(53)44-41-38-35-32-28-20-17-14-11-8-5-2/h7,10,14-20,23-24,26-28,31,34,47H,4-6,8-9,11-13,21-22,25,29-30,32-33,35-46H2,1-3H3/b10-7-,17-14-,18-15-,19-16-,24-23-,27-26-,28-20-,34-31-. The molecule has 0 bridgehead atoms. The summed E-state index contributed by atoms with van der Waals surface area (Å²) in [6, 6.07) is 0. The van der Waals surface area contributed by atoms with Gasteiger partial charge in [0.1, 0.15) is 13.2 Å². The van der Waals surface area contributed by atoms with Gasteiger partial charge in [-0.2, -0.15) is 0 Å². The predicted molar refractivity (Wildman–Crippen MR) is 237 cm³/mol. The highest BCUT2D eigenvalue weighted by molar-refractivity contribution is 5.71. The van der Waals surface area contributed by atoms with Crippen molar-refractivity contribution < 1.29 is 28.6 Å². The average Bonchev–Trinajstić information content (AvgIpc) is 3.19. The van der Waals surface area contributed by atoms with Gasteiger partial charge in [0.05, 0.1) is 0 Å². The van der Waals surface area contributed by atoms with E-state index in [1.165, 1.54) is 25.7 Å². The molecule has 0 aliphatic heterocycles. The molecule has 0 aromatic carbocycles. The number of esters is 3. The van der Waals surface area contributed by atoms with Gasteiger partial charge >= 0.3 is 17.9 Å². The molecule has 0 aromatic heterocycles. The number of ether oxygens (including phenoxy) is 3. The molecule has 0 radical (unpaired) electrons. The molecular formula is C50H80O6. The van der Waals surface area contributed by atoms with E-state index in [-0.39, 0.29) is 44.0 Å². The van der Waals surface area contributed by atoms with Crippen LogP contribution in [-0.2, 0) is 28.6 Å². The van der Waals surface area contributed by atoms with Gasteiger partial charge < -0.3 is 14.2 Å². The van der Waals surface area contributed by atoms with Gasteiger partial charge in [0, 0.05) is 19.3 Å². The minimum Gasteiger partial charge on any atom is -0.462 e. The van der Waals surface area contributed by atoms with Crippen molar-refractivity contribution in [3.63, 3.8) is 0 Å². The third-order valence-corrected chi connectivity index (χ3v) is 8.82. The second-order valence-corrected chi connectivity index (χ2v) is 14.2. The van der Waals surface area contributed by atoms with Crippen LogP contribution in [0.1, 0.15) is 181 Å². The van der Waals surface area contributed by atoms with Crippen molar-refractivity contribution in [2.24, 2.45) is 0 Å². The lowest BCUT2D eigenvalue weighted by Gasteiger charge is -2.18. The number of hydrogen-bond donors (Lipinski definition) is 0. The second kappa shape index (κ2) is 44.0. The van der Waals surface area contributed by atoms with Crippen LogP contribution in [0.5, 0.6) is 0 Å². The van der Waals surface area contributed by atoms with Crippen molar-refractivity contribution in [1.82, 2.24) is 0 Å². The Labute approximate surface area is 343 Å². The van der Waals surface area contributed by atoms with Gasteiger partial charge in [-0.05, 0) is 96.3 Å². The molecule has 0 aromatic rings. The van der Waals surface area contributed by atoms with Gasteiger partial charge in [-0.25, -0.2) is 0 Å². The van der Waals surface area contributed by atoms with Crippen LogP contribution < -0.4 is 0 Å². The van der Waals surface area contributed by atoms with E-state index in [4.69, 9.17) is 14.2 Å². The molecule has 0 amide bonds. The molecule has 6 heteroatoms. The van der Waals surface area contributed by atoms with E-state index in [9.17, 15) is 14.4 Å². The highest BCUT2D eigenvalue weighted by Gasteiger charge is 2.19. The summed E-state index contributed by atoms with van der Waals surface area (Å²) in [5, 5.41) is 0. The van der Waals surface area contributed by atoms with Crippen molar-refractivity contribution >= 4 is 17.9 Å². The predicted octanol–water partition coefficient (Wildman–Crippen LogP) is 14.2. The van der Waals surface area contributed by atoms with Crippen LogP contribution in [0.25, 0.3) is 0 Å². The van der Waals surface area contributed by atoms with Crippen molar-refractivity contribution in [1.29, 1.82) is 0 Å². The molecule has 56 heavy (non-hydrogen) atoms. The Balaban J connectivity index is 4.52. The van der Waals surface area contributed by atoms with E-state index in [2.05, 4.69) is 118 Å². The van der Waals surface area contributed by atoms with E-state index < -0.39 is 6.10 Å². The molecule has 0 aliphatic rings. The molecule has 0 heterocycles. The zero-order valence-electron chi connectivity index (χ0n) is 35.9. The first-order valence-corrected chi connectivity index (χ1v) is 22.3. The van der Waals surface area contributed by atoms with Gasteiger partial charge in [-0.15, -0.1) is 0 Å². The fraction of sp³-hybridized carbons (Fsp3) is 0.620. The number of allylic oxidation sites excluding steroid dienone is 16. The van der Waals surface area contributed by atoms with Gasteiger partial charge in [0.25, 0.3) is 0 Å². The lowest BCUT2D eigenvalue weighted by molar-refractivity contribution is -0.167. The normalized spacial score (nSPS) is 13.0. The van der Waals surface area contributed by atoms with E-state index in [1.807, 2.05) is 0 Å². The van der Waals surface area contributed by atoms with E-state index in [0.29, 0.717) is 12.8 Å². The fourth-order valence-corrected chi connectivity index (χ4v) is 5.43. The number of carbonyl (C=O) groups is 3. The molecule has 0 spiro atoms. The van der Waals surface area contributed by atoms with Gasteiger partial charge in [-0.3, -0.25) is 14.4 Å². The summed E-state index contributed by atoms with van der Waals surface area (Å²) in [4.78, 5) is 37.6. The van der Waals surface area contributed by atoms with Crippen LogP contribution in [-0.4, -0.2) is 37.2 Å². The summed E-state index contributed by atoms with van der Waals surface area (Å²) in [5.41, 5.74) is 0. The molecule has 1 atom stereocenters. The summed E-state index contributed by atoms with van der Waals surface area (Å²) in [6.45, 7) is 6.30. The Morgan fingerprint density at radius 1 is 0.393 bits per heavy atom. The zero-order valence-corrected chi connectivity index (χ0v) is 35.9. The van der Waals surface area contributed by atoms with Crippen molar-refractivity contribution in [2.75, 3.05) is 13.2 Å². The minimum absolute atomic E-state index is 0.114. The minimum atomic E-state index is -0.816. The van der Waals surface area contributed by atoms with Gasteiger partial charge in [-0.1, -0.05) is 163 Å². The third-order valence-electron chi connectivity index (χ3n) is 8.82. The Hall–Kier alpha value is -3.67. The van der Waals surface area contributed by atoms with E-state index in [0.717, 1.165) is 109 Å². The quantitative estimate of drug-likeness (QED) is 0.0204. The molecule has 0 saturated carbocycles. The highest BCUT2D eigenvalue weighted by Crippen LogP contribution is 2.11. The van der Waals surface area contributed by atoms with Crippen molar-refractivity contribution in [3.8, 4) is 0 Å². The number of rotatable bonds is 38. The molecule has 1 unspecified atom stereocenters. The summed E-state index contributed by atoms with van der Waals surface area (Å²) in [7, 11) is 0. The van der Waals surface area contributed by atoms with Crippen LogP contribution in [0.2, 0.25) is 0 Å². The Bertz CT molecular complexity index is 1170. The maximum absolute atomic E-state index is 12.7. The lowest BCUT2D eigenvalue weighted by Crippen LogP contribution is -2.30. The SMILES string of the molecule is CC/C=C\C/C=C\C/C=C\C/C=C\C/C=C\CCCC(=O)OCC(COC(=O)CCCCCC/C=C\CCCC)OC(=O)CCCCC/C=C\C=C/CCCC. The highest BCUT2D eigenvalue weighted by atomic mass is 16.6. The van der Waals surface area contributed by atoms with Crippen LogP contribution in [0.15, 0.2) is 97.2 Å². The third kappa shape index (κ3) is 41.5. The second-order valence-electron chi connectivity index (χ2n) is 14.2. The Morgan fingerprint density at radius 2 is 0.768 bits per heavy atom. The number of carbonyl (C=O) groups excluding carboxylic acids is 3. The molecule has 6 nitrogen and oxygen atoms in total. The maximum Gasteiger partial charge on any atom is 0.306 e. The molecule has 0 saturated heterocycles. The maximum atomic E-state index is 12.7. The lowest BCUT2D eigenvalue weighted by atomic mass is 10.1.